The molecular formula is C11H15NO5S. The standard InChI is InChI=1S/C11H15NO5S/c1-5-7-8(15-2)6-9(16-3)11(10(7)17-4)18(12,13)14/h5-6H,1H2,2-4H3,(H2,12,13,14). The highest BCUT2D eigenvalue weighted by Gasteiger charge is 2.26. The lowest BCUT2D eigenvalue weighted by molar-refractivity contribution is 0.358. The van der Waals surface area contributed by atoms with E-state index in [1.165, 1.54) is 33.5 Å². The van der Waals surface area contributed by atoms with Crippen molar-refractivity contribution in [2.45, 2.75) is 4.90 Å². The predicted molar refractivity (Wildman–Crippen MR) is 67.6 cm³/mol. The van der Waals surface area contributed by atoms with Crippen LogP contribution in [0.5, 0.6) is 17.2 Å². The van der Waals surface area contributed by atoms with Gasteiger partial charge in [-0.2, -0.15) is 0 Å². The summed E-state index contributed by atoms with van der Waals surface area (Å²) in [6.07, 6.45) is 1.42. The zero-order chi connectivity index (χ0) is 13.9. The number of hydrogen-bond donors (Lipinski definition) is 1. The van der Waals surface area contributed by atoms with Gasteiger partial charge in [-0.15, -0.1) is 0 Å². The molecule has 0 fully saturated rings. The third-order valence-electron chi connectivity index (χ3n) is 2.33. The minimum atomic E-state index is -4.00. The van der Waals surface area contributed by atoms with Gasteiger partial charge in [0.15, 0.2) is 10.6 Å². The number of benzene rings is 1. The number of ether oxygens (including phenoxy) is 3. The van der Waals surface area contributed by atoms with Crippen molar-refractivity contribution in [2.75, 3.05) is 21.3 Å². The summed E-state index contributed by atoms with van der Waals surface area (Å²) < 4.78 is 38.4. The van der Waals surface area contributed by atoms with E-state index in [0.29, 0.717) is 11.3 Å². The fourth-order valence-corrected chi connectivity index (χ4v) is 2.47. The summed E-state index contributed by atoms with van der Waals surface area (Å²) in [5.41, 5.74) is 0.393. The molecule has 100 valence electrons. The van der Waals surface area contributed by atoms with E-state index in [9.17, 15) is 8.42 Å². The summed E-state index contributed by atoms with van der Waals surface area (Å²) in [4.78, 5) is -0.233. The highest BCUT2D eigenvalue weighted by molar-refractivity contribution is 7.89. The molecule has 18 heavy (non-hydrogen) atoms. The highest BCUT2D eigenvalue weighted by Crippen LogP contribution is 2.41. The molecule has 0 aromatic heterocycles. The lowest BCUT2D eigenvalue weighted by Crippen LogP contribution is -2.15. The molecular weight excluding hydrogens is 258 g/mol. The average Bonchev–Trinajstić information content (AvgIpc) is 2.34. The van der Waals surface area contributed by atoms with E-state index in [-0.39, 0.29) is 16.4 Å². The summed E-state index contributed by atoms with van der Waals surface area (Å²) >= 11 is 0. The van der Waals surface area contributed by atoms with E-state index in [0.717, 1.165) is 0 Å². The summed E-state index contributed by atoms with van der Waals surface area (Å²) in [7, 11) is 0.102. The molecule has 6 nitrogen and oxygen atoms in total. The summed E-state index contributed by atoms with van der Waals surface area (Å²) in [5.74, 6) is 0.478. The van der Waals surface area contributed by atoms with Gasteiger partial charge in [-0.05, 0) is 0 Å². The molecule has 0 saturated heterocycles. The van der Waals surface area contributed by atoms with E-state index in [1.807, 2.05) is 0 Å². The van der Waals surface area contributed by atoms with Gasteiger partial charge >= 0.3 is 0 Å². The first-order valence-corrected chi connectivity index (χ1v) is 6.43. The second kappa shape index (κ2) is 5.28. The average molecular weight is 273 g/mol. The van der Waals surface area contributed by atoms with Crippen LogP contribution in [-0.4, -0.2) is 29.7 Å². The Kier molecular flexibility index (Phi) is 4.20. The molecule has 7 heteroatoms. The van der Waals surface area contributed by atoms with Gasteiger partial charge in [0.25, 0.3) is 0 Å². The molecule has 0 radical (unpaired) electrons. The zero-order valence-electron chi connectivity index (χ0n) is 10.4. The fraction of sp³-hybridized carbons (Fsp3) is 0.273. The SMILES string of the molecule is C=Cc1c(OC)cc(OC)c(S(N)(=O)=O)c1OC. The van der Waals surface area contributed by atoms with Gasteiger partial charge in [-0.25, -0.2) is 13.6 Å². The first kappa shape index (κ1) is 14.3. The van der Waals surface area contributed by atoms with Crippen LogP contribution in [0, 0.1) is 0 Å². The summed E-state index contributed by atoms with van der Waals surface area (Å²) in [5, 5.41) is 5.16. The molecule has 1 aromatic carbocycles. The van der Waals surface area contributed by atoms with Gasteiger partial charge in [0.05, 0.1) is 26.9 Å². The van der Waals surface area contributed by atoms with Gasteiger partial charge in [0, 0.05) is 6.07 Å². The van der Waals surface area contributed by atoms with E-state index in [2.05, 4.69) is 6.58 Å². The number of primary sulfonamides is 1. The summed E-state index contributed by atoms with van der Waals surface area (Å²) in [6.45, 7) is 3.59. The maximum Gasteiger partial charge on any atom is 0.245 e. The predicted octanol–water partition coefficient (Wildman–Crippen LogP) is 1.00. The Bertz CT molecular complexity index is 565. The fourth-order valence-electron chi connectivity index (χ4n) is 1.59. The number of hydrogen-bond acceptors (Lipinski definition) is 5. The minimum absolute atomic E-state index is 0.0451. The molecule has 2 N–H and O–H groups in total. The van der Waals surface area contributed by atoms with Crippen LogP contribution in [0.2, 0.25) is 0 Å². The number of methoxy groups -OCH3 is 3. The van der Waals surface area contributed by atoms with Crippen molar-refractivity contribution in [1.82, 2.24) is 0 Å². The Morgan fingerprint density at radius 1 is 1.17 bits per heavy atom. The number of nitrogens with two attached hydrogens (primary N) is 1. The zero-order valence-corrected chi connectivity index (χ0v) is 11.2. The van der Waals surface area contributed by atoms with E-state index >= 15 is 0 Å². The van der Waals surface area contributed by atoms with Crippen LogP contribution >= 0.6 is 0 Å². The monoisotopic (exact) mass is 273 g/mol. The van der Waals surface area contributed by atoms with Crippen molar-refractivity contribution in [2.24, 2.45) is 5.14 Å². The Morgan fingerprint density at radius 2 is 1.72 bits per heavy atom. The highest BCUT2D eigenvalue weighted by atomic mass is 32.2. The smallest absolute Gasteiger partial charge is 0.245 e. The van der Waals surface area contributed by atoms with Crippen molar-refractivity contribution < 1.29 is 22.6 Å². The normalized spacial score (nSPS) is 10.9. The van der Waals surface area contributed by atoms with Crippen LogP contribution in [0.25, 0.3) is 6.08 Å². The molecule has 0 amide bonds. The number of rotatable bonds is 5. The third-order valence-corrected chi connectivity index (χ3v) is 3.29. The molecule has 0 aliphatic heterocycles. The van der Waals surface area contributed by atoms with Crippen molar-refractivity contribution in [3.8, 4) is 17.2 Å². The second-order valence-corrected chi connectivity index (χ2v) is 4.80. The van der Waals surface area contributed by atoms with Crippen LogP contribution in [-0.2, 0) is 10.0 Å². The van der Waals surface area contributed by atoms with Gasteiger partial charge in [0.1, 0.15) is 11.5 Å². The van der Waals surface area contributed by atoms with Crippen molar-refractivity contribution >= 4 is 16.1 Å². The van der Waals surface area contributed by atoms with Crippen LogP contribution in [0.15, 0.2) is 17.5 Å². The van der Waals surface area contributed by atoms with Crippen molar-refractivity contribution in [3.05, 3.63) is 18.2 Å². The van der Waals surface area contributed by atoms with Gasteiger partial charge in [-0.1, -0.05) is 12.7 Å². The second-order valence-electron chi connectivity index (χ2n) is 3.31. The van der Waals surface area contributed by atoms with Gasteiger partial charge < -0.3 is 14.2 Å². The van der Waals surface area contributed by atoms with Gasteiger partial charge in [-0.3, -0.25) is 0 Å². The Hall–Kier alpha value is -1.73. The lowest BCUT2D eigenvalue weighted by atomic mass is 10.1. The maximum atomic E-state index is 11.6. The van der Waals surface area contributed by atoms with E-state index in [1.54, 1.807) is 0 Å². The molecule has 0 aliphatic rings. The lowest BCUT2D eigenvalue weighted by Gasteiger charge is -2.16. The minimum Gasteiger partial charge on any atom is -0.496 e. The molecule has 0 saturated carbocycles. The largest absolute Gasteiger partial charge is 0.496 e. The number of sulfonamides is 1. The van der Waals surface area contributed by atoms with Crippen LogP contribution < -0.4 is 19.3 Å². The quantitative estimate of drug-likeness (QED) is 0.864. The molecule has 0 heterocycles. The molecule has 0 bridgehead atoms. The van der Waals surface area contributed by atoms with E-state index < -0.39 is 10.0 Å². The first-order chi connectivity index (χ1) is 8.40. The third kappa shape index (κ3) is 2.41. The van der Waals surface area contributed by atoms with Crippen LogP contribution in [0.3, 0.4) is 0 Å². The summed E-state index contributed by atoms with van der Waals surface area (Å²) in [6, 6.07) is 1.42. The topological polar surface area (TPSA) is 87.9 Å². The Balaban J connectivity index is 3.84. The van der Waals surface area contributed by atoms with Crippen LogP contribution in [0.4, 0.5) is 0 Å². The molecule has 0 aliphatic carbocycles. The van der Waals surface area contributed by atoms with Crippen molar-refractivity contribution in [3.63, 3.8) is 0 Å². The maximum absolute atomic E-state index is 11.6. The molecule has 0 atom stereocenters. The Labute approximate surface area is 106 Å². The van der Waals surface area contributed by atoms with Gasteiger partial charge in [0.2, 0.25) is 10.0 Å². The van der Waals surface area contributed by atoms with Crippen LogP contribution in [0.1, 0.15) is 5.56 Å². The molecule has 1 aromatic rings. The Morgan fingerprint density at radius 3 is 2.06 bits per heavy atom. The van der Waals surface area contributed by atoms with Crippen molar-refractivity contribution in [1.29, 1.82) is 0 Å². The van der Waals surface area contributed by atoms with E-state index in [4.69, 9.17) is 19.3 Å². The molecule has 1 rings (SSSR count). The molecule has 0 unspecified atom stereocenters. The first-order valence-electron chi connectivity index (χ1n) is 4.88. The molecule has 0 spiro atoms.